The van der Waals surface area contributed by atoms with Gasteiger partial charge >= 0.3 is 12.0 Å². The van der Waals surface area contributed by atoms with Gasteiger partial charge in [0.1, 0.15) is 0 Å². The summed E-state index contributed by atoms with van der Waals surface area (Å²) in [6.07, 6.45) is -0.171. The van der Waals surface area contributed by atoms with Crippen molar-refractivity contribution in [1.82, 2.24) is 10.6 Å². The minimum atomic E-state index is -0.778. The molecule has 0 saturated carbocycles. The first-order valence-electron chi connectivity index (χ1n) is 7.15. The summed E-state index contributed by atoms with van der Waals surface area (Å²) in [5.74, 6) is -1.09. The number of nitrogens with one attached hydrogen (secondary N) is 2. The fourth-order valence-corrected chi connectivity index (χ4v) is 1.96. The third-order valence-electron chi connectivity index (χ3n) is 2.95. The summed E-state index contributed by atoms with van der Waals surface area (Å²) >= 11 is 5.81. The van der Waals surface area contributed by atoms with Crippen molar-refractivity contribution in [2.24, 2.45) is 5.73 Å². The van der Waals surface area contributed by atoms with Crippen LogP contribution in [0.5, 0.6) is 0 Å². The summed E-state index contributed by atoms with van der Waals surface area (Å²) < 4.78 is 9.66. The molecule has 1 atom stereocenters. The van der Waals surface area contributed by atoms with Crippen molar-refractivity contribution in [2.45, 2.75) is 12.5 Å². The molecule has 9 heteroatoms. The van der Waals surface area contributed by atoms with Gasteiger partial charge < -0.3 is 25.8 Å². The van der Waals surface area contributed by atoms with E-state index < -0.39 is 30.6 Å². The van der Waals surface area contributed by atoms with Crippen molar-refractivity contribution in [1.29, 1.82) is 0 Å². The normalized spacial score (nSPS) is 11.4. The molecule has 1 aromatic carbocycles. The van der Waals surface area contributed by atoms with Crippen LogP contribution in [0.1, 0.15) is 18.0 Å². The Bertz CT molecular complexity index is 565. The van der Waals surface area contributed by atoms with Gasteiger partial charge in [-0.2, -0.15) is 0 Å². The number of benzene rings is 1. The van der Waals surface area contributed by atoms with Crippen LogP contribution >= 0.6 is 11.6 Å². The number of amides is 3. The number of hydrogen-bond donors (Lipinski definition) is 3. The van der Waals surface area contributed by atoms with Gasteiger partial charge in [-0.1, -0.05) is 23.7 Å². The van der Waals surface area contributed by atoms with Gasteiger partial charge in [0.2, 0.25) is 0 Å². The third-order valence-corrected chi connectivity index (χ3v) is 3.20. The molecule has 8 nitrogen and oxygen atoms in total. The van der Waals surface area contributed by atoms with E-state index in [4.69, 9.17) is 26.8 Å². The number of ether oxygens (including phenoxy) is 2. The Hall–Kier alpha value is -2.32. The zero-order chi connectivity index (χ0) is 17.9. The zero-order valence-electron chi connectivity index (χ0n) is 13.2. The predicted octanol–water partition coefficient (Wildman–Crippen LogP) is 0.745. The fourth-order valence-electron chi connectivity index (χ4n) is 1.83. The van der Waals surface area contributed by atoms with Gasteiger partial charge in [-0.15, -0.1) is 0 Å². The van der Waals surface area contributed by atoms with E-state index in [9.17, 15) is 14.4 Å². The highest BCUT2D eigenvalue weighted by atomic mass is 35.5. The molecule has 0 radical (unpaired) electrons. The van der Waals surface area contributed by atoms with Gasteiger partial charge in [0.15, 0.2) is 6.61 Å². The van der Waals surface area contributed by atoms with Gasteiger partial charge in [-0.3, -0.25) is 9.59 Å². The average Bonchev–Trinajstić information content (AvgIpc) is 2.53. The summed E-state index contributed by atoms with van der Waals surface area (Å²) in [5.41, 5.74) is 5.76. The summed E-state index contributed by atoms with van der Waals surface area (Å²) in [7, 11) is 1.51. The first-order valence-corrected chi connectivity index (χ1v) is 7.53. The largest absolute Gasteiger partial charge is 0.456 e. The maximum absolute atomic E-state index is 11.9. The highest BCUT2D eigenvalue weighted by Crippen LogP contribution is 2.19. The van der Waals surface area contributed by atoms with E-state index in [0.29, 0.717) is 23.7 Å². The van der Waals surface area contributed by atoms with Crippen molar-refractivity contribution >= 4 is 29.5 Å². The van der Waals surface area contributed by atoms with Crippen LogP contribution in [0.2, 0.25) is 5.02 Å². The van der Waals surface area contributed by atoms with E-state index >= 15 is 0 Å². The molecule has 0 fully saturated rings. The van der Waals surface area contributed by atoms with Gasteiger partial charge in [-0.05, 0) is 17.7 Å². The Morgan fingerprint density at radius 3 is 2.50 bits per heavy atom. The Balaban J connectivity index is 2.53. The van der Waals surface area contributed by atoms with Gasteiger partial charge in [0.05, 0.1) is 19.1 Å². The van der Waals surface area contributed by atoms with Gasteiger partial charge in [-0.25, -0.2) is 4.79 Å². The molecular weight excluding hydrogens is 338 g/mol. The van der Waals surface area contributed by atoms with Crippen molar-refractivity contribution in [3.8, 4) is 0 Å². The lowest BCUT2D eigenvalue weighted by molar-refractivity contribution is -0.149. The molecule has 0 aromatic heterocycles. The molecule has 1 aromatic rings. The quantitative estimate of drug-likeness (QED) is 0.445. The van der Waals surface area contributed by atoms with Crippen molar-refractivity contribution in [3.63, 3.8) is 0 Å². The van der Waals surface area contributed by atoms with Crippen LogP contribution in [-0.2, 0) is 19.1 Å². The van der Waals surface area contributed by atoms with E-state index in [1.807, 2.05) is 0 Å². The van der Waals surface area contributed by atoms with E-state index in [-0.39, 0.29) is 6.42 Å². The molecule has 4 N–H and O–H groups in total. The number of hydrogen-bond acceptors (Lipinski definition) is 5. The molecule has 0 aliphatic carbocycles. The number of nitrogens with two attached hydrogens (primary N) is 1. The van der Waals surface area contributed by atoms with Crippen molar-refractivity contribution in [2.75, 3.05) is 26.9 Å². The second-order valence-electron chi connectivity index (χ2n) is 4.82. The molecule has 132 valence electrons. The third kappa shape index (κ3) is 7.80. The smallest absolute Gasteiger partial charge is 0.312 e. The number of primary amides is 1. The minimum Gasteiger partial charge on any atom is -0.456 e. The second-order valence-corrected chi connectivity index (χ2v) is 5.26. The van der Waals surface area contributed by atoms with Crippen molar-refractivity contribution in [3.05, 3.63) is 34.9 Å². The SMILES string of the molecule is COCCNC(=O)COC(=O)C[C@H](NC(N)=O)c1ccc(Cl)cc1. The summed E-state index contributed by atoms with van der Waals surface area (Å²) in [6.45, 7) is 0.275. The van der Waals surface area contributed by atoms with Crippen LogP contribution in [0, 0.1) is 0 Å². The first-order chi connectivity index (χ1) is 11.4. The predicted molar refractivity (Wildman–Crippen MR) is 87.4 cm³/mol. The van der Waals surface area contributed by atoms with Crippen LogP contribution in [0.25, 0.3) is 0 Å². The van der Waals surface area contributed by atoms with E-state index in [0.717, 1.165) is 0 Å². The maximum Gasteiger partial charge on any atom is 0.312 e. The van der Waals surface area contributed by atoms with E-state index in [1.54, 1.807) is 24.3 Å². The highest BCUT2D eigenvalue weighted by molar-refractivity contribution is 6.30. The molecule has 0 spiro atoms. The number of carbonyl (C=O) groups is 3. The lowest BCUT2D eigenvalue weighted by atomic mass is 10.0. The molecular formula is C15H20ClN3O5. The lowest BCUT2D eigenvalue weighted by Crippen LogP contribution is -2.35. The van der Waals surface area contributed by atoms with Crippen LogP contribution in [0.15, 0.2) is 24.3 Å². The molecule has 1 rings (SSSR count). The number of rotatable bonds is 9. The molecule has 0 bridgehead atoms. The molecule has 0 unspecified atom stereocenters. The molecule has 0 heterocycles. The molecule has 0 aliphatic rings. The Labute approximate surface area is 144 Å². The topological polar surface area (TPSA) is 120 Å². The Kier molecular flexibility index (Phi) is 8.59. The van der Waals surface area contributed by atoms with Crippen molar-refractivity contribution < 1.29 is 23.9 Å². The van der Waals surface area contributed by atoms with Gasteiger partial charge in [0.25, 0.3) is 5.91 Å². The van der Waals surface area contributed by atoms with Crippen LogP contribution in [-0.4, -0.2) is 44.8 Å². The molecule has 0 saturated heterocycles. The van der Waals surface area contributed by atoms with Crippen LogP contribution < -0.4 is 16.4 Å². The summed E-state index contributed by atoms with van der Waals surface area (Å²) in [6, 6.07) is 5.12. The standard InChI is InChI=1S/C15H20ClN3O5/c1-23-7-6-18-13(20)9-24-14(21)8-12(19-15(17)22)10-2-4-11(16)5-3-10/h2-5,12H,6-9H2,1H3,(H,18,20)(H3,17,19,22)/t12-/m0/s1. The summed E-state index contributed by atoms with van der Waals surface area (Å²) in [4.78, 5) is 34.4. The number of esters is 1. The molecule has 24 heavy (non-hydrogen) atoms. The lowest BCUT2D eigenvalue weighted by Gasteiger charge is -2.17. The maximum atomic E-state index is 11.9. The fraction of sp³-hybridized carbons (Fsp3) is 0.400. The number of urea groups is 1. The van der Waals surface area contributed by atoms with Gasteiger partial charge in [0, 0.05) is 18.7 Å². The highest BCUT2D eigenvalue weighted by Gasteiger charge is 2.19. The summed E-state index contributed by atoms with van der Waals surface area (Å²) in [5, 5.41) is 5.49. The monoisotopic (exact) mass is 357 g/mol. The first kappa shape index (κ1) is 19.7. The minimum absolute atomic E-state index is 0.171. The second kappa shape index (κ2) is 10.5. The Morgan fingerprint density at radius 1 is 1.25 bits per heavy atom. The zero-order valence-corrected chi connectivity index (χ0v) is 14.0. The molecule has 0 aliphatic heterocycles. The van der Waals surface area contributed by atoms with E-state index in [1.165, 1.54) is 7.11 Å². The molecule has 3 amide bonds. The average molecular weight is 358 g/mol. The Morgan fingerprint density at radius 2 is 1.92 bits per heavy atom. The number of methoxy groups -OCH3 is 1. The number of carbonyl (C=O) groups excluding carboxylic acids is 3. The van der Waals surface area contributed by atoms with Crippen LogP contribution in [0.4, 0.5) is 4.79 Å². The van der Waals surface area contributed by atoms with Crippen LogP contribution in [0.3, 0.4) is 0 Å². The number of halogens is 1. The van der Waals surface area contributed by atoms with E-state index in [2.05, 4.69) is 10.6 Å².